The number of nitrogens with zero attached hydrogens (tertiary/aromatic N) is 3. The molecule has 0 aliphatic rings. The first-order valence-electron chi connectivity index (χ1n) is 10.3. The zero-order chi connectivity index (χ0) is 28.2. The third kappa shape index (κ3) is 5.39. The molecule has 1 amide bonds. The fraction of sp³-hybridized carbons (Fsp3) is 0.174. The van der Waals surface area contributed by atoms with Gasteiger partial charge < -0.3 is 5.32 Å². The molecule has 2 heterocycles. The quantitative estimate of drug-likeness (QED) is 0.251. The molecule has 4 aromatic rings. The number of nitrogens with one attached hydrogen (secondary N) is 1. The van der Waals surface area contributed by atoms with Gasteiger partial charge in [0.25, 0.3) is 5.91 Å². The highest BCUT2D eigenvalue weighted by molar-refractivity contribution is 6.39. The molecule has 0 aliphatic carbocycles. The van der Waals surface area contributed by atoms with E-state index in [2.05, 4.69) is 10.1 Å². The van der Waals surface area contributed by atoms with Gasteiger partial charge in [-0.05, 0) is 42.8 Å². The Hall–Kier alpha value is -3.45. The molecular weight excluding hydrogens is 571 g/mol. The summed E-state index contributed by atoms with van der Waals surface area (Å²) in [5.74, 6) is -3.76. The number of amides is 1. The number of halogens is 10. The highest BCUT2D eigenvalue weighted by Gasteiger charge is 2.40. The molecule has 2 aromatic heterocycles. The molecule has 0 unspecified atom stereocenters. The Kier molecular flexibility index (Phi) is 7.04. The number of alkyl halides is 6. The van der Waals surface area contributed by atoms with Crippen LogP contribution in [-0.4, -0.2) is 20.7 Å². The summed E-state index contributed by atoms with van der Waals surface area (Å²) in [6.45, 7) is 0.709. The molecule has 200 valence electrons. The Bertz CT molecular complexity index is 1580. The van der Waals surface area contributed by atoms with E-state index in [1.807, 2.05) is 5.32 Å². The lowest BCUT2D eigenvalue weighted by molar-refractivity contribution is -0.141. The van der Waals surface area contributed by atoms with Gasteiger partial charge in [-0.15, -0.1) is 0 Å². The zero-order valence-corrected chi connectivity index (χ0v) is 20.2. The summed E-state index contributed by atoms with van der Waals surface area (Å²) in [5.41, 5.74) is -5.28. The van der Waals surface area contributed by atoms with Gasteiger partial charge in [-0.25, -0.2) is 13.8 Å². The molecule has 0 spiro atoms. The summed E-state index contributed by atoms with van der Waals surface area (Å²) in [5, 5.41) is 4.80. The zero-order valence-electron chi connectivity index (χ0n) is 18.7. The van der Waals surface area contributed by atoms with Crippen LogP contribution >= 0.6 is 23.2 Å². The summed E-state index contributed by atoms with van der Waals surface area (Å²) in [7, 11) is 0. The number of carbonyl (C=O) groups excluding carboxylic acids is 1. The highest BCUT2D eigenvalue weighted by Crippen LogP contribution is 2.38. The van der Waals surface area contributed by atoms with Crippen LogP contribution in [0, 0.1) is 18.6 Å². The molecule has 0 saturated heterocycles. The monoisotopic (exact) mass is 582 g/mol. The second-order valence-corrected chi connectivity index (χ2v) is 8.85. The van der Waals surface area contributed by atoms with Gasteiger partial charge in [-0.1, -0.05) is 29.3 Å². The van der Waals surface area contributed by atoms with Crippen LogP contribution in [0.5, 0.6) is 0 Å². The van der Waals surface area contributed by atoms with Crippen LogP contribution in [0.2, 0.25) is 10.0 Å². The third-order valence-electron chi connectivity index (χ3n) is 5.40. The number of pyridine rings is 1. The van der Waals surface area contributed by atoms with Crippen molar-refractivity contribution in [3.63, 3.8) is 0 Å². The summed E-state index contributed by atoms with van der Waals surface area (Å²) in [4.78, 5) is 16.5. The smallest absolute Gasteiger partial charge is 0.319 e. The second kappa shape index (κ2) is 9.70. The minimum Gasteiger partial charge on any atom is -0.319 e. The van der Waals surface area contributed by atoms with Crippen molar-refractivity contribution in [2.24, 2.45) is 0 Å². The van der Waals surface area contributed by atoms with Crippen molar-refractivity contribution < 1.29 is 39.9 Å². The number of fused-ring (bicyclic) bond motifs is 1. The van der Waals surface area contributed by atoms with E-state index in [0.29, 0.717) is 6.07 Å². The lowest BCUT2D eigenvalue weighted by atomic mass is 10.1. The number of aromatic nitrogens is 3. The summed E-state index contributed by atoms with van der Waals surface area (Å²) >= 11 is 11.9. The molecule has 38 heavy (non-hydrogen) atoms. The van der Waals surface area contributed by atoms with Crippen LogP contribution in [0.1, 0.15) is 33.0 Å². The topological polar surface area (TPSA) is 59.8 Å². The molecule has 0 fully saturated rings. The van der Waals surface area contributed by atoms with Crippen molar-refractivity contribution in [3.8, 4) is 0 Å². The lowest BCUT2D eigenvalue weighted by Crippen LogP contribution is -2.19. The molecule has 0 saturated carbocycles. The summed E-state index contributed by atoms with van der Waals surface area (Å²) in [6, 6.07) is 5.21. The Morgan fingerprint density at radius 2 is 1.66 bits per heavy atom. The highest BCUT2D eigenvalue weighted by atomic mass is 35.5. The number of rotatable bonds is 4. The van der Waals surface area contributed by atoms with Crippen LogP contribution in [-0.2, 0) is 18.9 Å². The predicted molar refractivity (Wildman–Crippen MR) is 122 cm³/mol. The second-order valence-electron chi connectivity index (χ2n) is 8.00. The first-order valence-corrected chi connectivity index (χ1v) is 11.1. The average molecular weight is 583 g/mol. The molecule has 1 N–H and O–H groups in total. The molecule has 0 aliphatic heterocycles. The molecular formula is C23H12Cl2F8N4O. The SMILES string of the molecule is Cc1c(NC(=O)c2cc(C(F)(F)F)nc3c(Cl)cc(Cl)cc23)c(C(F)(F)F)nn1Cc1ccc(F)c(F)c1. The maximum atomic E-state index is 13.8. The average Bonchev–Trinajstić information content (AvgIpc) is 3.10. The molecule has 15 heteroatoms. The maximum Gasteiger partial charge on any atom is 0.437 e. The van der Waals surface area contributed by atoms with E-state index >= 15 is 0 Å². The molecule has 0 bridgehead atoms. The van der Waals surface area contributed by atoms with E-state index in [4.69, 9.17) is 23.2 Å². The van der Waals surface area contributed by atoms with Crippen molar-refractivity contribution in [3.05, 3.63) is 86.3 Å². The number of hydrogen-bond acceptors (Lipinski definition) is 3. The van der Waals surface area contributed by atoms with Gasteiger partial charge >= 0.3 is 12.4 Å². The number of carbonyl (C=O) groups is 1. The van der Waals surface area contributed by atoms with E-state index < -0.39 is 64.6 Å². The van der Waals surface area contributed by atoms with E-state index in [0.717, 1.165) is 41.9 Å². The van der Waals surface area contributed by atoms with Crippen LogP contribution in [0.4, 0.5) is 40.8 Å². The lowest BCUT2D eigenvalue weighted by Gasteiger charge is -2.14. The minimum absolute atomic E-state index is 0.0559. The van der Waals surface area contributed by atoms with Gasteiger partial charge in [0, 0.05) is 10.4 Å². The minimum atomic E-state index is -5.10. The van der Waals surface area contributed by atoms with Crippen molar-refractivity contribution >= 4 is 45.7 Å². The van der Waals surface area contributed by atoms with Crippen LogP contribution in [0.25, 0.3) is 10.9 Å². The largest absolute Gasteiger partial charge is 0.437 e. The van der Waals surface area contributed by atoms with Gasteiger partial charge in [-0.3, -0.25) is 9.48 Å². The molecule has 2 aromatic carbocycles. The molecule has 0 radical (unpaired) electrons. The predicted octanol–water partition coefficient (Wildman–Crippen LogP) is 7.66. The maximum absolute atomic E-state index is 13.8. The molecule has 0 atom stereocenters. The first-order chi connectivity index (χ1) is 17.6. The van der Waals surface area contributed by atoms with Crippen LogP contribution in [0.3, 0.4) is 0 Å². The number of benzene rings is 2. The van der Waals surface area contributed by atoms with Crippen LogP contribution in [0.15, 0.2) is 36.4 Å². The van der Waals surface area contributed by atoms with Crippen molar-refractivity contribution in [2.45, 2.75) is 25.8 Å². The summed E-state index contributed by atoms with van der Waals surface area (Å²) < 4.78 is 109. The van der Waals surface area contributed by atoms with Gasteiger partial charge in [0.05, 0.1) is 34.0 Å². The van der Waals surface area contributed by atoms with Gasteiger partial charge in [0.1, 0.15) is 5.69 Å². The van der Waals surface area contributed by atoms with E-state index in [9.17, 15) is 39.9 Å². The fourth-order valence-corrected chi connectivity index (χ4v) is 4.16. The van der Waals surface area contributed by atoms with E-state index in [1.165, 1.54) is 0 Å². The number of hydrogen-bond donors (Lipinski definition) is 1. The fourth-order valence-electron chi connectivity index (χ4n) is 3.63. The normalized spacial score (nSPS) is 12.3. The Labute approximate surface area is 218 Å². The van der Waals surface area contributed by atoms with Crippen molar-refractivity contribution in [1.82, 2.24) is 14.8 Å². The van der Waals surface area contributed by atoms with Gasteiger partial charge in [0.2, 0.25) is 0 Å². The van der Waals surface area contributed by atoms with E-state index in [-0.39, 0.29) is 26.7 Å². The first kappa shape index (κ1) is 27.6. The Morgan fingerprint density at radius 3 is 2.26 bits per heavy atom. The van der Waals surface area contributed by atoms with Crippen molar-refractivity contribution in [1.29, 1.82) is 0 Å². The third-order valence-corrected chi connectivity index (χ3v) is 5.90. The summed E-state index contributed by atoms with van der Waals surface area (Å²) in [6.07, 6.45) is -10.1. The van der Waals surface area contributed by atoms with Crippen molar-refractivity contribution in [2.75, 3.05) is 5.32 Å². The van der Waals surface area contributed by atoms with Crippen LogP contribution < -0.4 is 5.32 Å². The van der Waals surface area contributed by atoms with Gasteiger partial charge in [0.15, 0.2) is 17.3 Å². The standard InChI is InChI=1S/C23H12Cl2F8N4O/c1-9-18(20(23(31,32)33)36-37(9)8-10-2-3-15(26)16(27)4-10)35-21(38)13-7-17(22(28,29)30)34-19-12(13)5-11(24)6-14(19)25/h2-7H,8H2,1H3,(H,35,38). The van der Waals surface area contributed by atoms with Gasteiger partial charge in [-0.2, -0.15) is 31.4 Å². The molecule has 4 rings (SSSR count). The Balaban J connectivity index is 1.82. The van der Waals surface area contributed by atoms with E-state index in [1.54, 1.807) is 0 Å². The number of anilines is 1. The Morgan fingerprint density at radius 1 is 0.974 bits per heavy atom. The molecule has 5 nitrogen and oxygen atoms in total.